The third kappa shape index (κ3) is 1.41. The van der Waals surface area contributed by atoms with Crippen molar-refractivity contribution in [1.29, 1.82) is 5.26 Å². The highest BCUT2D eigenvalue weighted by molar-refractivity contribution is 8.02. The maximum atomic E-state index is 8.95. The number of nitriles is 1. The van der Waals surface area contributed by atoms with Gasteiger partial charge in [-0.1, -0.05) is 18.2 Å². The summed E-state index contributed by atoms with van der Waals surface area (Å²) in [5, 5.41) is 8.95. The molecule has 0 saturated heterocycles. The second kappa shape index (κ2) is 4.03. The van der Waals surface area contributed by atoms with Crippen molar-refractivity contribution >= 4 is 11.8 Å². The minimum absolute atomic E-state index is 0.00704. The zero-order valence-corrected chi connectivity index (χ0v) is 10.8. The first-order valence-corrected chi connectivity index (χ1v) is 6.64. The molecular formula is C13H16N2S. The minimum atomic E-state index is -0.00704. The second-order valence-electron chi connectivity index (χ2n) is 4.35. The average Bonchev–Trinajstić information content (AvgIpc) is 2.49. The molecule has 1 atom stereocenters. The van der Waals surface area contributed by atoms with Gasteiger partial charge in [-0.2, -0.15) is 5.26 Å². The van der Waals surface area contributed by atoms with E-state index in [1.165, 1.54) is 16.2 Å². The van der Waals surface area contributed by atoms with Crippen LogP contribution in [0.15, 0.2) is 34.4 Å². The van der Waals surface area contributed by atoms with Gasteiger partial charge in [0.15, 0.2) is 0 Å². The number of allylic oxidation sites excluding steroid dienone is 3. The molecule has 2 rings (SSSR count). The molecule has 0 saturated carbocycles. The molecule has 0 aromatic rings. The maximum absolute atomic E-state index is 8.95. The van der Waals surface area contributed by atoms with Crippen LogP contribution in [0.4, 0.5) is 0 Å². The van der Waals surface area contributed by atoms with E-state index in [9.17, 15) is 0 Å². The fraction of sp³-hybridized carbons (Fsp3) is 0.462. The summed E-state index contributed by atoms with van der Waals surface area (Å²) in [7, 11) is 0. The van der Waals surface area contributed by atoms with Crippen LogP contribution < -0.4 is 0 Å². The predicted octanol–water partition coefficient (Wildman–Crippen LogP) is 3.07. The third-order valence-electron chi connectivity index (χ3n) is 3.50. The Hall–Kier alpha value is -1.14. The monoisotopic (exact) mass is 232 g/mol. The topological polar surface area (TPSA) is 27.0 Å². The summed E-state index contributed by atoms with van der Waals surface area (Å²) in [4.78, 5) is 3.57. The standard InChI is InChI=1S/C13H16N2S/c1-10-12(16-3)11-6-4-5-7-13(11,2)15(10)9-8-14/h4-6H,7,9H2,1-3H3. The molecule has 1 heterocycles. The van der Waals surface area contributed by atoms with Gasteiger partial charge in [-0.15, -0.1) is 11.8 Å². The van der Waals surface area contributed by atoms with Crippen LogP contribution in [0.1, 0.15) is 20.3 Å². The van der Waals surface area contributed by atoms with Crippen LogP contribution in [0.2, 0.25) is 0 Å². The molecule has 3 heteroatoms. The van der Waals surface area contributed by atoms with Gasteiger partial charge in [-0.25, -0.2) is 0 Å². The molecule has 2 aliphatic rings. The Morgan fingerprint density at radius 3 is 3.00 bits per heavy atom. The summed E-state index contributed by atoms with van der Waals surface area (Å²) in [5.41, 5.74) is 2.61. The van der Waals surface area contributed by atoms with E-state index < -0.39 is 0 Å². The molecule has 0 N–H and O–H groups in total. The smallest absolute Gasteiger partial charge is 0.106 e. The normalized spacial score (nSPS) is 27.9. The van der Waals surface area contributed by atoms with Crippen molar-refractivity contribution in [3.8, 4) is 6.07 Å². The zero-order valence-electron chi connectivity index (χ0n) is 9.95. The lowest BCUT2D eigenvalue weighted by atomic mass is 9.86. The summed E-state index contributed by atoms with van der Waals surface area (Å²) in [6, 6.07) is 2.27. The molecule has 2 nitrogen and oxygen atoms in total. The quantitative estimate of drug-likeness (QED) is 0.685. The molecule has 0 aromatic carbocycles. The lowest BCUT2D eigenvalue weighted by Crippen LogP contribution is -2.43. The Morgan fingerprint density at radius 1 is 1.62 bits per heavy atom. The number of hydrogen-bond acceptors (Lipinski definition) is 3. The molecule has 1 unspecified atom stereocenters. The fourth-order valence-electron chi connectivity index (χ4n) is 2.64. The summed E-state index contributed by atoms with van der Waals surface area (Å²) < 4.78 is 0. The average molecular weight is 232 g/mol. The van der Waals surface area contributed by atoms with Gasteiger partial charge in [-0.3, -0.25) is 0 Å². The van der Waals surface area contributed by atoms with Crippen molar-refractivity contribution < 1.29 is 0 Å². The lowest BCUT2D eigenvalue weighted by Gasteiger charge is -2.38. The molecule has 1 aliphatic heterocycles. The number of hydrogen-bond donors (Lipinski definition) is 0. The number of nitrogens with zero attached hydrogens (tertiary/aromatic N) is 2. The molecule has 16 heavy (non-hydrogen) atoms. The highest BCUT2D eigenvalue weighted by Crippen LogP contribution is 2.48. The molecule has 0 fully saturated rings. The van der Waals surface area contributed by atoms with Gasteiger partial charge < -0.3 is 4.90 Å². The first kappa shape index (κ1) is 11.3. The van der Waals surface area contributed by atoms with Crippen molar-refractivity contribution in [2.24, 2.45) is 0 Å². The first-order valence-electron chi connectivity index (χ1n) is 5.42. The SMILES string of the molecule is CSC1=C(C)N(CC#N)C2(C)CC=CC=C12. The van der Waals surface area contributed by atoms with Gasteiger partial charge in [-0.05, 0) is 32.1 Å². The lowest BCUT2D eigenvalue weighted by molar-refractivity contribution is 0.228. The molecule has 0 spiro atoms. The van der Waals surface area contributed by atoms with Crippen molar-refractivity contribution in [2.45, 2.75) is 25.8 Å². The van der Waals surface area contributed by atoms with E-state index >= 15 is 0 Å². The van der Waals surface area contributed by atoms with Gasteiger partial charge in [0, 0.05) is 10.6 Å². The van der Waals surface area contributed by atoms with Crippen LogP contribution in [-0.2, 0) is 0 Å². The van der Waals surface area contributed by atoms with E-state index in [1.807, 2.05) is 0 Å². The van der Waals surface area contributed by atoms with E-state index in [-0.39, 0.29) is 5.54 Å². The van der Waals surface area contributed by atoms with Crippen LogP contribution in [0, 0.1) is 11.3 Å². The van der Waals surface area contributed by atoms with Crippen molar-refractivity contribution in [2.75, 3.05) is 12.8 Å². The molecule has 0 radical (unpaired) electrons. The fourth-order valence-corrected chi connectivity index (χ4v) is 3.55. The van der Waals surface area contributed by atoms with E-state index in [2.05, 4.69) is 49.3 Å². The first-order chi connectivity index (χ1) is 7.65. The van der Waals surface area contributed by atoms with Gasteiger partial charge in [0.25, 0.3) is 0 Å². The number of thioether (sulfide) groups is 1. The van der Waals surface area contributed by atoms with Crippen molar-refractivity contribution in [1.82, 2.24) is 4.90 Å². The minimum Gasteiger partial charge on any atom is -0.351 e. The van der Waals surface area contributed by atoms with Gasteiger partial charge in [0.05, 0.1) is 11.6 Å². The Kier molecular flexibility index (Phi) is 2.86. The van der Waals surface area contributed by atoms with Crippen LogP contribution in [0.5, 0.6) is 0 Å². The van der Waals surface area contributed by atoms with E-state index in [0.717, 1.165) is 6.42 Å². The highest BCUT2D eigenvalue weighted by Gasteiger charge is 2.43. The molecule has 0 aromatic heterocycles. The van der Waals surface area contributed by atoms with E-state index in [4.69, 9.17) is 5.26 Å². The Balaban J connectivity index is 2.50. The maximum Gasteiger partial charge on any atom is 0.106 e. The van der Waals surface area contributed by atoms with Crippen LogP contribution in [0.25, 0.3) is 0 Å². The Morgan fingerprint density at radius 2 is 2.38 bits per heavy atom. The van der Waals surface area contributed by atoms with Crippen LogP contribution in [-0.4, -0.2) is 23.2 Å². The summed E-state index contributed by atoms with van der Waals surface area (Å²) in [5.74, 6) is 0. The second-order valence-corrected chi connectivity index (χ2v) is 5.17. The number of fused-ring (bicyclic) bond motifs is 1. The van der Waals surface area contributed by atoms with Crippen molar-refractivity contribution in [3.05, 3.63) is 34.4 Å². The van der Waals surface area contributed by atoms with E-state index in [1.54, 1.807) is 11.8 Å². The highest BCUT2D eigenvalue weighted by atomic mass is 32.2. The largest absolute Gasteiger partial charge is 0.351 e. The Bertz CT molecular complexity index is 439. The summed E-state index contributed by atoms with van der Waals surface area (Å²) >= 11 is 1.78. The number of rotatable bonds is 2. The zero-order chi connectivity index (χ0) is 11.8. The molecule has 0 bridgehead atoms. The van der Waals surface area contributed by atoms with Gasteiger partial charge >= 0.3 is 0 Å². The third-order valence-corrected chi connectivity index (χ3v) is 4.42. The molecular weight excluding hydrogens is 216 g/mol. The summed E-state index contributed by atoms with van der Waals surface area (Å²) in [6.07, 6.45) is 9.59. The van der Waals surface area contributed by atoms with Crippen LogP contribution >= 0.6 is 11.8 Å². The van der Waals surface area contributed by atoms with Crippen LogP contribution in [0.3, 0.4) is 0 Å². The van der Waals surface area contributed by atoms with Crippen molar-refractivity contribution in [3.63, 3.8) is 0 Å². The molecule has 84 valence electrons. The Labute approximate surface area is 101 Å². The molecule has 1 aliphatic carbocycles. The van der Waals surface area contributed by atoms with E-state index in [0.29, 0.717) is 6.54 Å². The molecule has 0 amide bonds. The van der Waals surface area contributed by atoms with Gasteiger partial charge in [0.1, 0.15) is 6.54 Å². The summed E-state index contributed by atoms with van der Waals surface area (Å²) in [6.45, 7) is 4.82. The van der Waals surface area contributed by atoms with Gasteiger partial charge in [0.2, 0.25) is 0 Å². The predicted molar refractivity (Wildman–Crippen MR) is 68.8 cm³/mol.